The summed E-state index contributed by atoms with van der Waals surface area (Å²) in [6, 6.07) is 37.0. The van der Waals surface area contributed by atoms with Gasteiger partial charge in [-0.25, -0.2) is 9.59 Å². The third-order valence-electron chi connectivity index (χ3n) is 9.00. The second-order valence-corrected chi connectivity index (χ2v) is 14.1. The number of carbonyl (C=O) groups excluding carboxylic acids is 4. The fourth-order valence-electron chi connectivity index (χ4n) is 5.91. The molecule has 0 atom stereocenters. The number of ether oxygens (including phenoxy) is 4. The number of hydrogen-bond donors (Lipinski definition) is 2. The van der Waals surface area contributed by atoms with E-state index in [2.05, 4.69) is 21.7 Å². The molecule has 0 aliphatic carbocycles. The average molecular weight is 812 g/mol. The largest absolute Gasteiger partial charge is 0.489 e. The van der Waals surface area contributed by atoms with Gasteiger partial charge in [-0.1, -0.05) is 77.8 Å². The van der Waals surface area contributed by atoms with E-state index < -0.39 is 24.5 Å². The van der Waals surface area contributed by atoms with Gasteiger partial charge in [0.1, 0.15) is 30.5 Å². The fourth-order valence-corrected chi connectivity index (χ4v) is 6.11. The van der Waals surface area contributed by atoms with Crippen LogP contribution in [0.2, 0.25) is 5.02 Å². The zero-order valence-corrected chi connectivity index (χ0v) is 33.5. The number of carbonyl (C=O) groups is 4. The molecule has 0 saturated heterocycles. The van der Waals surface area contributed by atoms with E-state index in [-0.39, 0.29) is 47.5 Å². The first-order chi connectivity index (χ1) is 28.5. The van der Waals surface area contributed by atoms with Gasteiger partial charge >= 0.3 is 11.9 Å². The number of nitrogens with zero attached hydrogens (tertiary/aromatic N) is 1. The summed E-state index contributed by atoms with van der Waals surface area (Å²) in [6.45, 7) is 6.11. The van der Waals surface area contributed by atoms with E-state index in [1.54, 1.807) is 60.7 Å². The zero-order valence-electron chi connectivity index (χ0n) is 32.8. The van der Waals surface area contributed by atoms with Crippen molar-refractivity contribution in [2.75, 3.05) is 6.61 Å². The van der Waals surface area contributed by atoms with Gasteiger partial charge in [0.2, 0.25) is 0 Å². The molecule has 0 fully saturated rings. The van der Waals surface area contributed by atoms with Crippen molar-refractivity contribution in [2.45, 2.75) is 47.1 Å². The number of amides is 2. The molecule has 59 heavy (non-hydrogen) atoms. The maximum Gasteiger partial charge on any atom is 0.349 e. The lowest BCUT2D eigenvalue weighted by Gasteiger charge is -2.12. The number of esters is 2. The van der Waals surface area contributed by atoms with Crippen molar-refractivity contribution in [3.8, 4) is 17.2 Å². The van der Waals surface area contributed by atoms with E-state index in [1.165, 1.54) is 12.1 Å². The van der Waals surface area contributed by atoms with Crippen LogP contribution in [0.3, 0.4) is 0 Å². The quantitative estimate of drug-likeness (QED) is 0.0728. The Balaban J connectivity index is 0.931. The highest BCUT2D eigenvalue weighted by Gasteiger charge is 2.16. The first kappa shape index (κ1) is 41.6. The van der Waals surface area contributed by atoms with Crippen LogP contribution in [0.5, 0.6) is 17.2 Å². The second-order valence-electron chi connectivity index (χ2n) is 13.7. The number of pyridine rings is 1. The third-order valence-corrected chi connectivity index (χ3v) is 9.33. The first-order valence-electron chi connectivity index (χ1n) is 18.7. The normalized spacial score (nSPS) is 10.6. The Bertz CT molecular complexity index is 2470. The van der Waals surface area contributed by atoms with Crippen LogP contribution < -0.4 is 24.8 Å². The van der Waals surface area contributed by atoms with Gasteiger partial charge in [0, 0.05) is 24.3 Å². The summed E-state index contributed by atoms with van der Waals surface area (Å²) >= 11 is 6.31. The zero-order chi connectivity index (χ0) is 41.7. The van der Waals surface area contributed by atoms with Gasteiger partial charge in [-0.3, -0.25) is 14.6 Å². The Hall–Kier alpha value is -6.98. The summed E-state index contributed by atoms with van der Waals surface area (Å²) in [7, 11) is 0. The molecular formula is C47H42ClN3O8. The molecule has 0 saturated carbocycles. The molecule has 300 valence electrons. The van der Waals surface area contributed by atoms with Crippen molar-refractivity contribution in [2.24, 2.45) is 0 Å². The van der Waals surface area contributed by atoms with Crippen LogP contribution >= 0.6 is 11.6 Å². The molecule has 6 rings (SSSR count). The minimum atomic E-state index is -0.781. The van der Waals surface area contributed by atoms with E-state index in [0.29, 0.717) is 34.8 Å². The number of nitrogens with one attached hydrogen (secondary N) is 2. The van der Waals surface area contributed by atoms with E-state index in [0.717, 1.165) is 28.1 Å². The van der Waals surface area contributed by atoms with Crippen LogP contribution in [-0.2, 0) is 35.8 Å². The third kappa shape index (κ3) is 12.3. The predicted molar refractivity (Wildman–Crippen MR) is 223 cm³/mol. The molecule has 0 unspecified atom stereocenters. The SMILES string of the molecule is Cc1cccc(COc2ccc(C)c(C(=O)NCc3cccc(OC(=O)COC(=O)c4ccc(CNC(=O)c5cc(OCc6cccc(C)n6)ccc5Cl)cc4)c3)c2)c1. The summed E-state index contributed by atoms with van der Waals surface area (Å²) in [5.74, 6) is -0.900. The Morgan fingerprint density at radius 1 is 0.610 bits per heavy atom. The molecule has 0 aliphatic rings. The standard InChI is InChI=1S/C47H42ClN3O8/c1-30-7-4-10-35(21-30)27-56-38-18-13-31(2)41(23-38)45(53)50-26-34-9-6-12-40(22-34)59-44(52)29-58-47(55)36-16-14-33(15-17-36)25-49-46(54)42-24-39(19-20-43(42)48)57-28-37-11-5-8-32(3)51-37/h4-24H,25-29H2,1-3H3,(H,49,54)(H,50,53). The number of benzene rings is 5. The monoisotopic (exact) mass is 811 g/mol. The molecule has 2 amide bonds. The van der Waals surface area contributed by atoms with Gasteiger partial charge in [-0.2, -0.15) is 0 Å². The van der Waals surface area contributed by atoms with Gasteiger partial charge in [0.25, 0.3) is 11.8 Å². The minimum Gasteiger partial charge on any atom is -0.489 e. The smallest absolute Gasteiger partial charge is 0.349 e. The van der Waals surface area contributed by atoms with Crippen LogP contribution in [0.25, 0.3) is 0 Å². The lowest BCUT2D eigenvalue weighted by molar-refractivity contribution is -0.137. The summed E-state index contributed by atoms with van der Waals surface area (Å²) in [6.07, 6.45) is 0. The highest BCUT2D eigenvalue weighted by molar-refractivity contribution is 6.33. The summed E-state index contributed by atoms with van der Waals surface area (Å²) in [5, 5.41) is 6.00. The van der Waals surface area contributed by atoms with Crippen LogP contribution in [0.15, 0.2) is 127 Å². The Morgan fingerprint density at radius 2 is 1.27 bits per heavy atom. The van der Waals surface area contributed by atoms with Crippen LogP contribution in [0.1, 0.15) is 70.3 Å². The van der Waals surface area contributed by atoms with Crippen molar-refractivity contribution in [3.63, 3.8) is 0 Å². The van der Waals surface area contributed by atoms with Crippen molar-refractivity contribution in [1.29, 1.82) is 0 Å². The van der Waals surface area contributed by atoms with Crippen LogP contribution in [0, 0.1) is 20.8 Å². The highest BCUT2D eigenvalue weighted by Crippen LogP contribution is 2.24. The minimum absolute atomic E-state index is 0.161. The lowest BCUT2D eigenvalue weighted by Crippen LogP contribution is -2.24. The molecule has 1 heterocycles. The van der Waals surface area contributed by atoms with Gasteiger partial charge < -0.3 is 29.6 Å². The summed E-state index contributed by atoms with van der Waals surface area (Å²) in [5.41, 5.74) is 6.96. The number of halogens is 1. The molecule has 2 N–H and O–H groups in total. The Labute approximate surface area is 347 Å². The number of hydrogen-bond acceptors (Lipinski definition) is 9. The summed E-state index contributed by atoms with van der Waals surface area (Å²) < 4.78 is 22.3. The number of aryl methyl sites for hydroxylation is 3. The van der Waals surface area contributed by atoms with E-state index in [9.17, 15) is 19.2 Å². The molecule has 5 aromatic carbocycles. The van der Waals surface area contributed by atoms with Crippen LogP contribution in [0.4, 0.5) is 0 Å². The number of aromatic nitrogens is 1. The van der Waals surface area contributed by atoms with Gasteiger partial charge in [-0.05, 0) is 110 Å². The molecule has 0 aliphatic heterocycles. The van der Waals surface area contributed by atoms with E-state index in [4.69, 9.17) is 30.5 Å². The molecule has 11 nitrogen and oxygen atoms in total. The highest BCUT2D eigenvalue weighted by atomic mass is 35.5. The van der Waals surface area contributed by atoms with Crippen LogP contribution in [-0.4, -0.2) is 35.3 Å². The Morgan fingerprint density at radius 3 is 2.03 bits per heavy atom. The second kappa shape index (κ2) is 19.9. The molecule has 6 aromatic rings. The lowest BCUT2D eigenvalue weighted by atomic mass is 10.1. The first-order valence-corrected chi connectivity index (χ1v) is 19.1. The molecular weight excluding hydrogens is 770 g/mol. The fraction of sp³-hybridized carbons (Fsp3) is 0.170. The molecule has 0 spiro atoms. The number of rotatable bonds is 16. The average Bonchev–Trinajstić information content (AvgIpc) is 3.23. The van der Waals surface area contributed by atoms with Crippen molar-refractivity contribution in [1.82, 2.24) is 15.6 Å². The maximum absolute atomic E-state index is 13.1. The molecule has 0 bridgehead atoms. The van der Waals surface area contributed by atoms with E-state index in [1.807, 2.05) is 69.3 Å². The van der Waals surface area contributed by atoms with Gasteiger partial charge in [-0.15, -0.1) is 0 Å². The van der Waals surface area contributed by atoms with E-state index >= 15 is 0 Å². The molecule has 1 aromatic heterocycles. The van der Waals surface area contributed by atoms with Crippen molar-refractivity contribution >= 4 is 35.4 Å². The topological polar surface area (TPSA) is 142 Å². The maximum atomic E-state index is 13.1. The Kier molecular flexibility index (Phi) is 14.1. The summed E-state index contributed by atoms with van der Waals surface area (Å²) in [4.78, 5) is 55.8. The van der Waals surface area contributed by atoms with Gasteiger partial charge in [0.15, 0.2) is 6.61 Å². The van der Waals surface area contributed by atoms with Gasteiger partial charge in [0.05, 0.1) is 21.8 Å². The molecule has 0 radical (unpaired) electrons. The predicted octanol–water partition coefficient (Wildman–Crippen LogP) is 8.44. The molecule has 12 heteroatoms. The van der Waals surface area contributed by atoms with Crippen molar-refractivity contribution < 1.29 is 38.1 Å². The van der Waals surface area contributed by atoms with Crippen molar-refractivity contribution in [3.05, 3.63) is 188 Å².